The lowest BCUT2D eigenvalue weighted by atomic mass is 10.1. The Morgan fingerprint density at radius 3 is 2.78 bits per heavy atom. The van der Waals surface area contributed by atoms with Gasteiger partial charge in [-0.25, -0.2) is 4.98 Å². The van der Waals surface area contributed by atoms with E-state index < -0.39 is 11.7 Å². The Hall–Kier alpha value is -3.62. The predicted octanol–water partition coefficient (Wildman–Crippen LogP) is 4.30. The van der Waals surface area contributed by atoms with E-state index in [4.69, 9.17) is 0 Å². The summed E-state index contributed by atoms with van der Waals surface area (Å²) in [6.07, 6.45) is -2.43. The average molecular weight is 442 g/mol. The van der Waals surface area contributed by atoms with Crippen molar-refractivity contribution in [2.24, 2.45) is 0 Å². The highest BCUT2D eigenvalue weighted by Crippen LogP contribution is 2.29. The maximum Gasteiger partial charge on any atom is 0.416 e. The Labute approximate surface area is 181 Å². The summed E-state index contributed by atoms with van der Waals surface area (Å²) in [5.41, 5.74) is 2.34. The number of alkyl halides is 3. The first-order valence-corrected chi connectivity index (χ1v) is 10.1. The van der Waals surface area contributed by atoms with E-state index in [9.17, 15) is 22.8 Å². The second-order valence-corrected chi connectivity index (χ2v) is 7.72. The second-order valence-electron chi connectivity index (χ2n) is 7.72. The number of fused-ring (bicyclic) bond motifs is 3. The molecule has 2 N–H and O–H groups in total. The third kappa shape index (κ3) is 4.51. The number of carbonyl (C=O) groups is 1. The third-order valence-corrected chi connectivity index (χ3v) is 5.27. The molecule has 1 amide bonds. The molecule has 166 valence electrons. The van der Waals surface area contributed by atoms with Crippen LogP contribution >= 0.6 is 0 Å². The Balaban J connectivity index is 1.36. The van der Waals surface area contributed by atoms with Gasteiger partial charge in [0.25, 0.3) is 5.56 Å². The summed E-state index contributed by atoms with van der Waals surface area (Å²) in [4.78, 5) is 32.4. The second kappa shape index (κ2) is 8.49. The highest BCUT2D eigenvalue weighted by atomic mass is 19.4. The van der Waals surface area contributed by atoms with Gasteiger partial charge in [-0.2, -0.15) is 13.2 Å². The van der Waals surface area contributed by atoms with Crippen LogP contribution in [-0.2, 0) is 24.1 Å². The molecule has 0 spiro atoms. The van der Waals surface area contributed by atoms with Crippen LogP contribution in [0.4, 0.5) is 13.2 Å². The molecule has 2 aromatic carbocycles. The van der Waals surface area contributed by atoms with Crippen LogP contribution in [-0.4, -0.2) is 20.4 Å². The number of nitrogens with zero attached hydrogens (tertiary/aromatic N) is 2. The first-order chi connectivity index (χ1) is 15.2. The lowest BCUT2D eigenvalue weighted by Gasteiger charge is -2.10. The molecule has 4 aromatic rings. The maximum atomic E-state index is 12.8. The third-order valence-electron chi connectivity index (χ3n) is 5.27. The van der Waals surface area contributed by atoms with E-state index in [0.29, 0.717) is 29.6 Å². The molecule has 0 aliphatic rings. The molecule has 0 aliphatic carbocycles. The number of aromatic amines is 1. The van der Waals surface area contributed by atoms with Crippen molar-refractivity contribution in [2.75, 3.05) is 0 Å². The number of halogens is 3. The summed E-state index contributed by atoms with van der Waals surface area (Å²) in [5, 5.41) is 3.50. The minimum absolute atomic E-state index is 0.00466. The molecule has 0 atom stereocenters. The van der Waals surface area contributed by atoms with Crippen LogP contribution in [0.5, 0.6) is 0 Å². The van der Waals surface area contributed by atoms with E-state index >= 15 is 0 Å². The van der Waals surface area contributed by atoms with Crippen LogP contribution < -0.4 is 10.9 Å². The predicted molar refractivity (Wildman–Crippen MR) is 115 cm³/mol. The fraction of sp³-hybridized carbons (Fsp3) is 0.261. The Morgan fingerprint density at radius 1 is 1.19 bits per heavy atom. The smallest absolute Gasteiger partial charge is 0.352 e. The standard InChI is InChI=1S/C23H21F3N4O2/c1-14-7-8-18-17(10-14)20-21(29-18)22(32)30(13-28-20)9-3-6-19(31)27-12-15-4-2-5-16(11-15)23(24,25)26/h2,4-5,7-8,10-11,13,29H,3,6,9,12H2,1H3,(H,27,31). The Morgan fingerprint density at radius 2 is 2.00 bits per heavy atom. The molecule has 0 fully saturated rings. The van der Waals surface area contributed by atoms with Gasteiger partial charge in [0.1, 0.15) is 11.0 Å². The molecule has 32 heavy (non-hydrogen) atoms. The average Bonchev–Trinajstić information content (AvgIpc) is 3.12. The van der Waals surface area contributed by atoms with Gasteiger partial charge in [-0.15, -0.1) is 0 Å². The first-order valence-electron chi connectivity index (χ1n) is 10.1. The van der Waals surface area contributed by atoms with Crippen LogP contribution in [0.1, 0.15) is 29.5 Å². The number of rotatable bonds is 6. The van der Waals surface area contributed by atoms with Crippen LogP contribution in [0.25, 0.3) is 21.9 Å². The molecule has 0 saturated heterocycles. The summed E-state index contributed by atoms with van der Waals surface area (Å²) in [5.74, 6) is -0.300. The van der Waals surface area contributed by atoms with Gasteiger partial charge >= 0.3 is 6.18 Å². The molecule has 9 heteroatoms. The van der Waals surface area contributed by atoms with Gasteiger partial charge in [0, 0.05) is 30.4 Å². The summed E-state index contributed by atoms with van der Waals surface area (Å²) < 4.78 is 39.8. The number of aromatic nitrogens is 3. The van der Waals surface area contributed by atoms with E-state index in [1.165, 1.54) is 23.0 Å². The molecule has 0 bridgehead atoms. The van der Waals surface area contributed by atoms with Crippen molar-refractivity contribution in [1.29, 1.82) is 0 Å². The molecular formula is C23H21F3N4O2. The summed E-state index contributed by atoms with van der Waals surface area (Å²) in [7, 11) is 0. The minimum Gasteiger partial charge on any atom is -0.352 e. The van der Waals surface area contributed by atoms with Crippen LogP contribution in [0, 0.1) is 6.92 Å². The van der Waals surface area contributed by atoms with Gasteiger partial charge in [-0.1, -0.05) is 23.8 Å². The Bertz CT molecular complexity index is 1360. The van der Waals surface area contributed by atoms with E-state index in [2.05, 4.69) is 15.3 Å². The van der Waals surface area contributed by atoms with Crippen molar-refractivity contribution in [1.82, 2.24) is 19.9 Å². The van der Waals surface area contributed by atoms with Crippen molar-refractivity contribution in [2.45, 2.75) is 39.0 Å². The molecule has 4 rings (SSSR count). The number of hydrogen-bond acceptors (Lipinski definition) is 3. The van der Waals surface area contributed by atoms with Gasteiger partial charge in [-0.05, 0) is 43.2 Å². The van der Waals surface area contributed by atoms with Crippen LogP contribution in [0.2, 0.25) is 0 Å². The Kier molecular flexibility index (Phi) is 5.73. The zero-order valence-corrected chi connectivity index (χ0v) is 17.3. The summed E-state index contributed by atoms with van der Waals surface area (Å²) in [6.45, 7) is 2.27. The van der Waals surface area contributed by atoms with Gasteiger partial charge in [0.15, 0.2) is 0 Å². The summed E-state index contributed by atoms with van der Waals surface area (Å²) in [6, 6.07) is 10.7. The quantitative estimate of drug-likeness (QED) is 0.467. The molecule has 6 nitrogen and oxygen atoms in total. The van der Waals surface area contributed by atoms with Crippen LogP contribution in [0.3, 0.4) is 0 Å². The SMILES string of the molecule is Cc1ccc2[nH]c3c(=O)n(CCCC(=O)NCc4cccc(C(F)(F)F)c4)cnc3c2c1. The van der Waals surface area contributed by atoms with Crippen molar-refractivity contribution in [3.63, 3.8) is 0 Å². The molecule has 0 saturated carbocycles. The van der Waals surface area contributed by atoms with Gasteiger partial charge in [-0.3, -0.25) is 14.2 Å². The van der Waals surface area contributed by atoms with Gasteiger partial charge in [0.2, 0.25) is 5.91 Å². The van der Waals surface area contributed by atoms with Gasteiger partial charge in [0.05, 0.1) is 11.9 Å². The first kappa shape index (κ1) is 21.6. The van der Waals surface area contributed by atoms with Crippen LogP contribution in [0.15, 0.2) is 53.6 Å². The van der Waals surface area contributed by atoms with Crippen molar-refractivity contribution in [3.05, 3.63) is 75.8 Å². The number of aryl methyl sites for hydroxylation is 2. The zero-order chi connectivity index (χ0) is 22.9. The lowest BCUT2D eigenvalue weighted by molar-refractivity contribution is -0.137. The zero-order valence-electron chi connectivity index (χ0n) is 17.3. The van der Waals surface area contributed by atoms with Crippen molar-refractivity contribution >= 4 is 27.8 Å². The minimum atomic E-state index is -4.42. The molecule has 2 heterocycles. The molecule has 0 radical (unpaired) electrons. The largest absolute Gasteiger partial charge is 0.416 e. The van der Waals surface area contributed by atoms with E-state index in [1.54, 1.807) is 0 Å². The van der Waals surface area contributed by atoms with E-state index in [0.717, 1.165) is 28.6 Å². The lowest BCUT2D eigenvalue weighted by Crippen LogP contribution is -2.25. The topological polar surface area (TPSA) is 79.8 Å². The molecule has 0 unspecified atom stereocenters. The number of carbonyl (C=O) groups excluding carboxylic acids is 1. The molecule has 0 aliphatic heterocycles. The fourth-order valence-corrected chi connectivity index (χ4v) is 3.62. The van der Waals surface area contributed by atoms with E-state index in [1.807, 2.05) is 25.1 Å². The maximum absolute atomic E-state index is 12.8. The van der Waals surface area contributed by atoms with Crippen molar-refractivity contribution in [3.8, 4) is 0 Å². The van der Waals surface area contributed by atoms with E-state index in [-0.39, 0.29) is 24.4 Å². The number of nitrogens with one attached hydrogen (secondary N) is 2. The number of H-pyrrole nitrogens is 1. The normalized spacial score (nSPS) is 11.9. The number of amides is 1. The molecule has 2 aromatic heterocycles. The number of hydrogen-bond donors (Lipinski definition) is 2. The van der Waals surface area contributed by atoms with Crippen molar-refractivity contribution < 1.29 is 18.0 Å². The highest BCUT2D eigenvalue weighted by Gasteiger charge is 2.30. The van der Waals surface area contributed by atoms with Gasteiger partial charge < -0.3 is 10.3 Å². The number of benzene rings is 2. The highest BCUT2D eigenvalue weighted by molar-refractivity contribution is 6.04. The molecular weight excluding hydrogens is 421 g/mol. The monoisotopic (exact) mass is 442 g/mol. The summed E-state index contributed by atoms with van der Waals surface area (Å²) >= 11 is 0. The fourth-order valence-electron chi connectivity index (χ4n) is 3.62.